The highest BCUT2D eigenvalue weighted by Crippen LogP contribution is 2.25. The zero-order valence-electron chi connectivity index (χ0n) is 10.8. The van der Waals surface area contributed by atoms with Crippen LogP contribution in [0.25, 0.3) is 17.0 Å². The molecule has 17 heavy (non-hydrogen) atoms. The van der Waals surface area contributed by atoms with Crippen molar-refractivity contribution in [2.24, 2.45) is 0 Å². The number of allylic oxidation sites excluding steroid dienone is 1. The third-order valence-corrected chi connectivity index (χ3v) is 3.14. The minimum atomic E-state index is 0.984. The van der Waals surface area contributed by atoms with Crippen LogP contribution in [0.1, 0.15) is 37.6 Å². The number of hydrogen-bond acceptors (Lipinski definition) is 1. The van der Waals surface area contributed by atoms with Gasteiger partial charge in [0, 0.05) is 11.1 Å². The van der Waals surface area contributed by atoms with Crippen LogP contribution < -0.4 is 0 Å². The molecule has 2 rings (SSSR count). The lowest BCUT2D eigenvalue weighted by Gasteiger charge is -2.12. The molecule has 0 aliphatic heterocycles. The minimum absolute atomic E-state index is 0.984. The van der Waals surface area contributed by atoms with E-state index in [1.807, 2.05) is 0 Å². The summed E-state index contributed by atoms with van der Waals surface area (Å²) >= 11 is 0. The van der Waals surface area contributed by atoms with Crippen molar-refractivity contribution in [1.82, 2.24) is 4.98 Å². The molecular formula is C16H19N. The Morgan fingerprint density at radius 3 is 2.53 bits per heavy atom. The molecule has 1 aromatic heterocycles. The fourth-order valence-corrected chi connectivity index (χ4v) is 2.37. The Labute approximate surface area is 103 Å². The Hall–Kier alpha value is -1.63. The van der Waals surface area contributed by atoms with Crippen molar-refractivity contribution in [2.75, 3.05) is 0 Å². The summed E-state index contributed by atoms with van der Waals surface area (Å²) < 4.78 is 0. The molecule has 0 saturated heterocycles. The molecule has 0 fully saturated rings. The lowest BCUT2D eigenvalue weighted by molar-refractivity contribution is 1.02. The Bertz CT molecular complexity index is 553. The van der Waals surface area contributed by atoms with Gasteiger partial charge in [-0.1, -0.05) is 44.2 Å². The summed E-state index contributed by atoms with van der Waals surface area (Å²) in [6, 6.07) is 8.43. The van der Waals surface area contributed by atoms with Crippen molar-refractivity contribution in [3.05, 3.63) is 47.2 Å². The Balaban J connectivity index is 2.84. The van der Waals surface area contributed by atoms with Crippen LogP contribution in [0.15, 0.2) is 30.3 Å². The highest BCUT2D eigenvalue weighted by Gasteiger charge is 2.09. The van der Waals surface area contributed by atoms with E-state index in [1.165, 1.54) is 22.2 Å². The van der Waals surface area contributed by atoms with Crippen LogP contribution in [-0.4, -0.2) is 4.98 Å². The zero-order valence-corrected chi connectivity index (χ0v) is 10.8. The smallest absolute Gasteiger partial charge is 0.0708 e. The monoisotopic (exact) mass is 225 g/mol. The molecule has 2 aromatic rings. The molecule has 0 spiro atoms. The number of aromatic nitrogens is 1. The van der Waals surface area contributed by atoms with E-state index in [1.54, 1.807) is 0 Å². The molecule has 1 heterocycles. The Morgan fingerprint density at radius 1 is 1.12 bits per heavy atom. The number of para-hydroxylation sites is 1. The van der Waals surface area contributed by atoms with E-state index < -0.39 is 0 Å². The Morgan fingerprint density at radius 2 is 1.88 bits per heavy atom. The number of benzene rings is 1. The van der Waals surface area contributed by atoms with E-state index in [2.05, 4.69) is 57.2 Å². The van der Waals surface area contributed by atoms with Gasteiger partial charge in [0.1, 0.15) is 0 Å². The van der Waals surface area contributed by atoms with Gasteiger partial charge < -0.3 is 0 Å². The average Bonchev–Trinajstić information content (AvgIpc) is 2.38. The first-order chi connectivity index (χ1) is 8.31. The maximum Gasteiger partial charge on any atom is 0.0708 e. The van der Waals surface area contributed by atoms with Crippen molar-refractivity contribution in [3.8, 4) is 0 Å². The number of rotatable bonds is 3. The lowest BCUT2D eigenvalue weighted by Crippen LogP contribution is -1.99. The molecular weight excluding hydrogens is 206 g/mol. The standard InChI is InChI=1S/C16H19N/c1-4-9-13-12(5-2)14-10-7-8-11-16(14)17-15(13)6-3/h4,7-11H,5-6H2,1-3H3/b9-4-. The highest BCUT2D eigenvalue weighted by molar-refractivity contribution is 5.86. The third kappa shape index (κ3) is 2.10. The van der Waals surface area contributed by atoms with Crippen LogP contribution in [-0.2, 0) is 12.8 Å². The number of fused-ring (bicyclic) bond motifs is 1. The second-order valence-electron chi connectivity index (χ2n) is 4.17. The van der Waals surface area contributed by atoms with Gasteiger partial charge in [0.15, 0.2) is 0 Å². The largest absolute Gasteiger partial charge is 0.252 e. The normalized spacial score (nSPS) is 11.5. The first-order valence-electron chi connectivity index (χ1n) is 6.35. The maximum atomic E-state index is 4.77. The van der Waals surface area contributed by atoms with Crippen LogP contribution in [0.3, 0.4) is 0 Å². The van der Waals surface area contributed by atoms with E-state index in [9.17, 15) is 0 Å². The van der Waals surface area contributed by atoms with Gasteiger partial charge in [-0.25, -0.2) is 0 Å². The van der Waals surface area contributed by atoms with E-state index in [-0.39, 0.29) is 0 Å². The predicted molar refractivity (Wildman–Crippen MR) is 75.2 cm³/mol. The Kier molecular flexibility index (Phi) is 3.58. The molecule has 0 N–H and O–H groups in total. The molecule has 0 bridgehead atoms. The number of pyridine rings is 1. The van der Waals surface area contributed by atoms with Crippen molar-refractivity contribution >= 4 is 17.0 Å². The van der Waals surface area contributed by atoms with Gasteiger partial charge in [-0.3, -0.25) is 4.98 Å². The van der Waals surface area contributed by atoms with Crippen LogP contribution in [0.5, 0.6) is 0 Å². The highest BCUT2D eigenvalue weighted by atomic mass is 14.7. The van der Waals surface area contributed by atoms with Crippen LogP contribution in [0.4, 0.5) is 0 Å². The van der Waals surface area contributed by atoms with Gasteiger partial charge in [-0.2, -0.15) is 0 Å². The summed E-state index contributed by atoms with van der Waals surface area (Å²) in [5.41, 5.74) is 5.06. The first kappa shape index (κ1) is 11.8. The molecule has 0 amide bonds. The van der Waals surface area contributed by atoms with Crippen molar-refractivity contribution < 1.29 is 0 Å². The van der Waals surface area contributed by atoms with Crippen LogP contribution in [0.2, 0.25) is 0 Å². The fraction of sp³-hybridized carbons (Fsp3) is 0.312. The molecule has 0 aliphatic carbocycles. The van der Waals surface area contributed by atoms with Crippen molar-refractivity contribution in [3.63, 3.8) is 0 Å². The summed E-state index contributed by atoms with van der Waals surface area (Å²) in [7, 11) is 0. The van der Waals surface area contributed by atoms with Gasteiger partial charge in [0.05, 0.1) is 5.52 Å². The quantitative estimate of drug-likeness (QED) is 0.754. The van der Waals surface area contributed by atoms with E-state index >= 15 is 0 Å². The van der Waals surface area contributed by atoms with Crippen molar-refractivity contribution in [1.29, 1.82) is 0 Å². The molecule has 1 nitrogen and oxygen atoms in total. The number of nitrogens with zero attached hydrogens (tertiary/aromatic N) is 1. The molecule has 0 unspecified atom stereocenters. The summed E-state index contributed by atoms with van der Waals surface area (Å²) in [6.07, 6.45) is 6.33. The minimum Gasteiger partial charge on any atom is -0.252 e. The first-order valence-corrected chi connectivity index (χ1v) is 6.35. The van der Waals surface area contributed by atoms with E-state index in [0.717, 1.165) is 18.4 Å². The van der Waals surface area contributed by atoms with E-state index in [4.69, 9.17) is 4.98 Å². The topological polar surface area (TPSA) is 12.9 Å². The second-order valence-corrected chi connectivity index (χ2v) is 4.17. The van der Waals surface area contributed by atoms with Crippen LogP contribution >= 0.6 is 0 Å². The van der Waals surface area contributed by atoms with Crippen LogP contribution in [0, 0.1) is 0 Å². The van der Waals surface area contributed by atoms with Crippen molar-refractivity contribution in [2.45, 2.75) is 33.6 Å². The maximum absolute atomic E-state index is 4.77. The zero-order chi connectivity index (χ0) is 12.3. The third-order valence-electron chi connectivity index (χ3n) is 3.14. The summed E-state index contributed by atoms with van der Waals surface area (Å²) in [5, 5.41) is 1.29. The molecule has 0 aliphatic rings. The molecule has 1 heteroatoms. The predicted octanol–water partition coefficient (Wildman–Crippen LogP) is 4.39. The number of hydrogen-bond donors (Lipinski definition) is 0. The SMILES string of the molecule is C/C=C\c1c(CC)nc2ccccc2c1CC. The van der Waals surface area contributed by atoms with Gasteiger partial charge in [-0.05, 0) is 37.0 Å². The molecule has 0 saturated carbocycles. The van der Waals surface area contributed by atoms with Gasteiger partial charge >= 0.3 is 0 Å². The van der Waals surface area contributed by atoms with E-state index in [0.29, 0.717) is 0 Å². The second kappa shape index (κ2) is 5.13. The molecule has 88 valence electrons. The van der Waals surface area contributed by atoms with Gasteiger partial charge in [0.25, 0.3) is 0 Å². The molecule has 0 radical (unpaired) electrons. The summed E-state index contributed by atoms with van der Waals surface area (Å²) in [6.45, 7) is 6.45. The molecule has 0 atom stereocenters. The average molecular weight is 225 g/mol. The molecule has 1 aromatic carbocycles. The lowest BCUT2D eigenvalue weighted by atomic mass is 9.97. The fourth-order valence-electron chi connectivity index (χ4n) is 2.37. The van der Waals surface area contributed by atoms with Gasteiger partial charge in [-0.15, -0.1) is 0 Å². The van der Waals surface area contributed by atoms with Gasteiger partial charge in [0.2, 0.25) is 0 Å². The summed E-state index contributed by atoms with van der Waals surface area (Å²) in [4.78, 5) is 4.77. The summed E-state index contributed by atoms with van der Waals surface area (Å²) in [5.74, 6) is 0. The number of aryl methyl sites for hydroxylation is 2.